The number of nitrogens with one attached hydrogen (secondary N) is 1. The van der Waals surface area contributed by atoms with Crippen LogP contribution in [0.25, 0.3) is 0 Å². The zero-order valence-electron chi connectivity index (χ0n) is 11.4. The van der Waals surface area contributed by atoms with Gasteiger partial charge in [-0.15, -0.1) is 0 Å². The molecule has 0 amide bonds. The molecular weight excluding hydrogens is 276 g/mol. The van der Waals surface area contributed by atoms with Crippen molar-refractivity contribution in [1.29, 1.82) is 10.7 Å². The van der Waals surface area contributed by atoms with Gasteiger partial charge >= 0.3 is 0 Å². The second-order valence-corrected chi connectivity index (χ2v) is 4.98. The van der Waals surface area contributed by atoms with Crippen LogP contribution < -0.4 is 4.74 Å². The summed E-state index contributed by atoms with van der Waals surface area (Å²) >= 11 is 6.13. The van der Waals surface area contributed by atoms with Gasteiger partial charge < -0.3 is 4.74 Å². The molecule has 0 spiro atoms. The van der Waals surface area contributed by atoms with Gasteiger partial charge in [0.05, 0.1) is 36.9 Å². The fourth-order valence-electron chi connectivity index (χ4n) is 2.19. The van der Waals surface area contributed by atoms with Gasteiger partial charge in [-0.3, -0.25) is 10.4 Å². The molecule has 1 aliphatic heterocycles. The summed E-state index contributed by atoms with van der Waals surface area (Å²) in [7, 11) is 1.57. The zero-order chi connectivity index (χ0) is 14.7. The highest BCUT2D eigenvalue weighted by atomic mass is 35.5. The van der Waals surface area contributed by atoms with Crippen LogP contribution >= 0.6 is 11.6 Å². The van der Waals surface area contributed by atoms with Crippen LogP contribution in [-0.4, -0.2) is 30.2 Å². The summed E-state index contributed by atoms with van der Waals surface area (Å²) in [6.07, 6.45) is 0.0518. The largest absolute Gasteiger partial charge is 0.494 e. The first-order valence-corrected chi connectivity index (χ1v) is 6.59. The number of halogens is 1. The molecule has 1 unspecified atom stereocenters. The molecule has 0 bridgehead atoms. The van der Waals surface area contributed by atoms with E-state index in [-0.39, 0.29) is 18.2 Å². The van der Waals surface area contributed by atoms with E-state index >= 15 is 0 Å². The Morgan fingerprint density at radius 2 is 2.40 bits per heavy atom. The van der Waals surface area contributed by atoms with Crippen LogP contribution in [0.2, 0.25) is 5.02 Å². The topological polar surface area (TPSA) is 72.5 Å². The molecule has 5 nitrogen and oxygen atoms in total. The van der Waals surface area contributed by atoms with Gasteiger partial charge in [0.15, 0.2) is 0 Å². The van der Waals surface area contributed by atoms with Crippen LogP contribution in [0, 0.1) is 22.7 Å². The molecule has 0 saturated carbocycles. The average molecular weight is 291 g/mol. The fourth-order valence-corrected chi connectivity index (χ4v) is 2.44. The standard InChI is InChI=1S/C14H15ClN4O/c1-9-8-19(12(17)6-7-16)18-13(9)10-4-3-5-11(15)14(10)20-2/h3-5,9,17H,6,8H2,1-2H3. The molecule has 1 heterocycles. The lowest BCUT2D eigenvalue weighted by atomic mass is 9.98. The predicted octanol–water partition coefficient (Wildman–Crippen LogP) is 2.90. The van der Waals surface area contributed by atoms with E-state index in [9.17, 15) is 0 Å². The molecule has 0 fully saturated rings. The molecule has 0 aromatic heterocycles. The summed E-state index contributed by atoms with van der Waals surface area (Å²) in [5.41, 5.74) is 1.66. The quantitative estimate of drug-likeness (QED) is 0.687. The number of rotatable bonds is 3. The first-order chi connectivity index (χ1) is 9.58. The summed E-state index contributed by atoms with van der Waals surface area (Å²) in [6, 6.07) is 7.47. The number of amidine groups is 1. The van der Waals surface area contributed by atoms with E-state index in [1.54, 1.807) is 18.2 Å². The third kappa shape index (κ3) is 2.61. The second-order valence-electron chi connectivity index (χ2n) is 4.57. The van der Waals surface area contributed by atoms with Crippen molar-refractivity contribution in [2.75, 3.05) is 13.7 Å². The molecule has 6 heteroatoms. The van der Waals surface area contributed by atoms with E-state index in [0.717, 1.165) is 11.3 Å². The Morgan fingerprint density at radius 1 is 1.65 bits per heavy atom. The molecule has 0 radical (unpaired) electrons. The summed E-state index contributed by atoms with van der Waals surface area (Å²) in [5, 5.41) is 23.0. The van der Waals surface area contributed by atoms with Crippen molar-refractivity contribution in [2.24, 2.45) is 11.0 Å². The Hall–Kier alpha value is -2.06. The van der Waals surface area contributed by atoms with Crippen molar-refractivity contribution in [3.63, 3.8) is 0 Å². The molecule has 104 valence electrons. The third-order valence-electron chi connectivity index (χ3n) is 3.15. The van der Waals surface area contributed by atoms with Gasteiger partial charge in [-0.2, -0.15) is 10.4 Å². The van der Waals surface area contributed by atoms with Gasteiger partial charge in [-0.1, -0.05) is 24.6 Å². The SMILES string of the molecule is COc1c(Cl)cccc1C1=NN(C(=N)CC#N)CC1C. The molecular formula is C14H15ClN4O. The molecule has 1 aliphatic rings. The molecule has 0 saturated heterocycles. The van der Waals surface area contributed by atoms with Gasteiger partial charge in [-0.05, 0) is 12.1 Å². The van der Waals surface area contributed by atoms with Crippen LogP contribution in [0.3, 0.4) is 0 Å². The maximum absolute atomic E-state index is 8.66. The summed E-state index contributed by atoms with van der Waals surface area (Å²) in [4.78, 5) is 0. The summed E-state index contributed by atoms with van der Waals surface area (Å²) in [6.45, 7) is 2.62. The molecule has 20 heavy (non-hydrogen) atoms. The Balaban J connectivity index is 2.38. The third-order valence-corrected chi connectivity index (χ3v) is 3.44. The average Bonchev–Trinajstić information content (AvgIpc) is 2.81. The summed E-state index contributed by atoms with van der Waals surface area (Å²) < 4.78 is 5.34. The number of para-hydroxylation sites is 1. The maximum atomic E-state index is 8.66. The normalized spacial score (nSPS) is 17.6. The van der Waals surface area contributed by atoms with Crippen LogP contribution in [0.4, 0.5) is 0 Å². The smallest absolute Gasteiger partial charge is 0.146 e. The zero-order valence-corrected chi connectivity index (χ0v) is 12.1. The van der Waals surface area contributed by atoms with Crippen LogP contribution in [0.15, 0.2) is 23.3 Å². The number of ether oxygens (including phenoxy) is 1. The van der Waals surface area contributed by atoms with Gasteiger partial charge in [0, 0.05) is 11.5 Å². The van der Waals surface area contributed by atoms with Crippen molar-refractivity contribution >= 4 is 23.1 Å². The van der Waals surface area contributed by atoms with Crippen molar-refractivity contribution in [2.45, 2.75) is 13.3 Å². The number of methoxy groups -OCH3 is 1. The monoisotopic (exact) mass is 290 g/mol. The van der Waals surface area contributed by atoms with Gasteiger partial charge in [-0.25, -0.2) is 0 Å². The summed E-state index contributed by atoms with van der Waals surface area (Å²) in [5.74, 6) is 0.935. The minimum atomic E-state index is 0.0518. The van der Waals surface area contributed by atoms with E-state index in [2.05, 4.69) is 5.10 Å². The number of hydrogen-bond donors (Lipinski definition) is 1. The lowest BCUT2D eigenvalue weighted by Gasteiger charge is -2.12. The van der Waals surface area contributed by atoms with Crippen molar-refractivity contribution in [3.05, 3.63) is 28.8 Å². The van der Waals surface area contributed by atoms with Crippen LogP contribution in [-0.2, 0) is 0 Å². The van der Waals surface area contributed by atoms with Crippen molar-refractivity contribution in [3.8, 4) is 11.8 Å². The number of benzene rings is 1. The molecule has 1 aromatic rings. The van der Waals surface area contributed by atoms with Gasteiger partial charge in [0.1, 0.15) is 11.6 Å². The minimum absolute atomic E-state index is 0.0518. The Bertz CT molecular complexity index is 606. The molecule has 1 N–H and O–H groups in total. The first-order valence-electron chi connectivity index (χ1n) is 6.21. The second kappa shape index (κ2) is 5.93. The molecule has 1 aromatic carbocycles. The van der Waals surface area contributed by atoms with E-state index in [0.29, 0.717) is 17.3 Å². The molecule has 1 atom stereocenters. The predicted molar refractivity (Wildman–Crippen MR) is 78.4 cm³/mol. The highest BCUT2D eigenvalue weighted by Gasteiger charge is 2.28. The van der Waals surface area contributed by atoms with Gasteiger partial charge in [0.25, 0.3) is 0 Å². The van der Waals surface area contributed by atoms with Gasteiger partial charge in [0.2, 0.25) is 0 Å². The Kier molecular flexibility index (Phi) is 4.26. The highest BCUT2D eigenvalue weighted by Crippen LogP contribution is 2.32. The Morgan fingerprint density at radius 3 is 3.05 bits per heavy atom. The van der Waals surface area contributed by atoms with E-state index < -0.39 is 0 Å². The highest BCUT2D eigenvalue weighted by molar-refractivity contribution is 6.32. The first kappa shape index (κ1) is 14.4. The number of hydrazone groups is 1. The van der Waals surface area contributed by atoms with Crippen molar-refractivity contribution < 1.29 is 4.74 Å². The molecule has 2 rings (SSSR count). The fraction of sp³-hybridized carbons (Fsp3) is 0.357. The lowest BCUT2D eigenvalue weighted by Crippen LogP contribution is -2.24. The maximum Gasteiger partial charge on any atom is 0.146 e. The van der Waals surface area contributed by atoms with E-state index in [1.165, 1.54) is 0 Å². The molecule has 0 aliphatic carbocycles. The minimum Gasteiger partial charge on any atom is -0.494 e. The van der Waals surface area contributed by atoms with E-state index in [4.69, 9.17) is 27.0 Å². The number of nitrogens with zero attached hydrogens (tertiary/aromatic N) is 3. The van der Waals surface area contributed by atoms with Crippen molar-refractivity contribution in [1.82, 2.24) is 5.01 Å². The number of nitriles is 1. The van der Waals surface area contributed by atoms with E-state index in [1.807, 2.05) is 25.1 Å². The number of hydrogen-bond acceptors (Lipinski definition) is 4. The lowest BCUT2D eigenvalue weighted by molar-refractivity contribution is 0.414. The Labute approximate surface area is 122 Å². The van der Waals surface area contributed by atoms with Crippen LogP contribution in [0.1, 0.15) is 18.9 Å². The van der Waals surface area contributed by atoms with Crippen LogP contribution in [0.5, 0.6) is 5.75 Å².